The van der Waals surface area contributed by atoms with Gasteiger partial charge in [0.05, 0.1) is 4.92 Å². The summed E-state index contributed by atoms with van der Waals surface area (Å²) < 4.78 is 5.43. The Bertz CT molecular complexity index is 739. The molecule has 0 aromatic heterocycles. The van der Waals surface area contributed by atoms with Gasteiger partial charge in [-0.15, -0.1) is 0 Å². The minimum absolute atomic E-state index is 0.0599. The Morgan fingerprint density at radius 2 is 1.87 bits per heavy atom. The third-order valence-corrected chi connectivity index (χ3v) is 5.00. The van der Waals surface area contributed by atoms with E-state index < -0.39 is 5.60 Å². The molecule has 0 bridgehead atoms. The van der Waals surface area contributed by atoms with Crippen molar-refractivity contribution in [3.63, 3.8) is 0 Å². The molecule has 1 aromatic carbocycles. The fourth-order valence-electron chi connectivity index (χ4n) is 3.37. The first-order valence-corrected chi connectivity index (χ1v) is 10.4. The number of benzene rings is 1. The number of hydrogen-bond donors (Lipinski definition) is 1. The van der Waals surface area contributed by atoms with E-state index in [4.69, 9.17) is 4.74 Å². The number of amides is 1. The van der Waals surface area contributed by atoms with Crippen LogP contribution in [0.3, 0.4) is 0 Å². The van der Waals surface area contributed by atoms with Gasteiger partial charge in [0, 0.05) is 39.3 Å². The molecule has 0 radical (unpaired) electrons. The second-order valence-electron chi connectivity index (χ2n) is 9.04. The Labute approximate surface area is 179 Å². The third-order valence-electron chi connectivity index (χ3n) is 5.00. The fraction of sp³-hybridized carbons (Fsp3) is 0.667. The highest BCUT2D eigenvalue weighted by Gasteiger charge is 2.29. The van der Waals surface area contributed by atoms with Crippen LogP contribution in [-0.4, -0.2) is 79.8 Å². The molecule has 0 spiro atoms. The summed E-state index contributed by atoms with van der Waals surface area (Å²) >= 11 is 0. The fourth-order valence-corrected chi connectivity index (χ4v) is 3.37. The van der Waals surface area contributed by atoms with Crippen molar-refractivity contribution in [2.45, 2.75) is 45.3 Å². The summed E-state index contributed by atoms with van der Waals surface area (Å²) in [5, 5.41) is 15.2. The molecular formula is C21H35N5O4. The van der Waals surface area contributed by atoms with Crippen molar-refractivity contribution >= 4 is 23.2 Å². The summed E-state index contributed by atoms with van der Waals surface area (Å²) in [5.74, 6) is 0. The van der Waals surface area contributed by atoms with Crippen molar-refractivity contribution in [3.8, 4) is 0 Å². The molecule has 0 atom stereocenters. The van der Waals surface area contributed by atoms with E-state index >= 15 is 0 Å². The molecule has 168 valence electrons. The molecule has 1 heterocycles. The van der Waals surface area contributed by atoms with Gasteiger partial charge in [0.1, 0.15) is 17.0 Å². The SMILES string of the molecule is CN(C)CCN(C)c1cccc(NC2CCN(C(=O)OC(C)(C)C)CC2)c1[N+](=O)[O-]. The molecular weight excluding hydrogens is 386 g/mol. The molecule has 0 aliphatic carbocycles. The lowest BCUT2D eigenvalue weighted by molar-refractivity contribution is -0.383. The highest BCUT2D eigenvalue weighted by molar-refractivity contribution is 5.77. The maximum absolute atomic E-state index is 12.2. The molecule has 1 aromatic rings. The number of likely N-dealkylation sites (N-methyl/N-ethyl adjacent to an activating group) is 2. The topological polar surface area (TPSA) is 91.2 Å². The normalized spacial score (nSPS) is 15.2. The number of anilines is 2. The number of rotatable bonds is 7. The van der Waals surface area contributed by atoms with Crippen LogP contribution in [0.1, 0.15) is 33.6 Å². The van der Waals surface area contributed by atoms with Crippen molar-refractivity contribution in [1.29, 1.82) is 0 Å². The minimum atomic E-state index is -0.522. The summed E-state index contributed by atoms with van der Waals surface area (Å²) in [5.41, 5.74) is 0.683. The number of likely N-dealkylation sites (tertiary alicyclic amines) is 1. The molecule has 1 N–H and O–H groups in total. The monoisotopic (exact) mass is 421 g/mol. The molecule has 9 heteroatoms. The predicted octanol–water partition coefficient (Wildman–Crippen LogP) is 3.40. The molecule has 1 fully saturated rings. The number of piperidine rings is 1. The van der Waals surface area contributed by atoms with Crippen LogP contribution in [0, 0.1) is 10.1 Å². The Hall–Kier alpha value is -2.55. The second kappa shape index (κ2) is 9.97. The van der Waals surface area contributed by atoms with Gasteiger partial charge in [-0.25, -0.2) is 4.79 Å². The molecule has 30 heavy (non-hydrogen) atoms. The number of nitrogens with one attached hydrogen (secondary N) is 1. The zero-order valence-corrected chi connectivity index (χ0v) is 19.0. The van der Waals surface area contributed by atoms with Crippen LogP contribution < -0.4 is 10.2 Å². The quantitative estimate of drug-likeness (QED) is 0.533. The van der Waals surface area contributed by atoms with Crippen LogP contribution in [0.2, 0.25) is 0 Å². The highest BCUT2D eigenvalue weighted by Crippen LogP contribution is 2.36. The largest absolute Gasteiger partial charge is 0.444 e. The van der Waals surface area contributed by atoms with E-state index in [0.29, 0.717) is 43.9 Å². The van der Waals surface area contributed by atoms with E-state index in [2.05, 4.69) is 5.32 Å². The average molecular weight is 422 g/mol. The Morgan fingerprint density at radius 3 is 2.40 bits per heavy atom. The lowest BCUT2D eigenvalue weighted by atomic mass is 10.0. The van der Waals surface area contributed by atoms with Gasteiger partial charge >= 0.3 is 11.8 Å². The zero-order chi connectivity index (χ0) is 22.5. The lowest BCUT2D eigenvalue weighted by Gasteiger charge is -2.34. The van der Waals surface area contributed by atoms with E-state index in [1.165, 1.54) is 0 Å². The summed E-state index contributed by atoms with van der Waals surface area (Å²) in [4.78, 5) is 29.4. The Kier molecular flexibility index (Phi) is 7.89. The van der Waals surface area contributed by atoms with Gasteiger partial charge in [-0.05, 0) is 59.8 Å². The van der Waals surface area contributed by atoms with Gasteiger partial charge in [-0.2, -0.15) is 0 Å². The number of ether oxygens (including phenoxy) is 1. The summed E-state index contributed by atoms with van der Waals surface area (Å²) in [7, 11) is 5.82. The van der Waals surface area contributed by atoms with Crippen LogP contribution in [0.4, 0.5) is 21.9 Å². The first kappa shape index (κ1) is 23.7. The van der Waals surface area contributed by atoms with Crippen LogP contribution in [0.15, 0.2) is 18.2 Å². The van der Waals surface area contributed by atoms with Gasteiger partial charge in [-0.3, -0.25) is 10.1 Å². The van der Waals surface area contributed by atoms with Crippen molar-refractivity contribution < 1.29 is 14.5 Å². The number of nitro groups is 1. The summed E-state index contributed by atoms with van der Waals surface area (Å²) in [6.07, 6.45) is 1.10. The number of hydrogen-bond acceptors (Lipinski definition) is 7. The van der Waals surface area contributed by atoms with E-state index in [9.17, 15) is 14.9 Å². The van der Waals surface area contributed by atoms with Crippen molar-refractivity contribution in [2.24, 2.45) is 0 Å². The lowest BCUT2D eigenvalue weighted by Crippen LogP contribution is -2.44. The number of para-hydroxylation sites is 1. The van der Waals surface area contributed by atoms with E-state index in [1.54, 1.807) is 17.0 Å². The molecule has 1 aliphatic rings. The second-order valence-corrected chi connectivity index (χ2v) is 9.04. The maximum atomic E-state index is 12.2. The first-order chi connectivity index (χ1) is 14.0. The van der Waals surface area contributed by atoms with Crippen LogP contribution in [0.5, 0.6) is 0 Å². The predicted molar refractivity (Wildman–Crippen MR) is 119 cm³/mol. The maximum Gasteiger partial charge on any atom is 0.410 e. The standard InChI is InChI=1S/C21H35N5O4/c1-21(2,3)30-20(27)25-12-10-16(11-13-25)22-17-8-7-9-18(19(17)26(28)29)24(6)15-14-23(4)5/h7-9,16,22H,10-15H2,1-6H3. The summed E-state index contributed by atoms with van der Waals surface area (Å²) in [6, 6.07) is 5.43. The first-order valence-electron chi connectivity index (χ1n) is 10.4. The van der Waals surface area contributed by atoms with Gasteiger partial charge in [0.2, 0.25) is 0 Å². The number of carbonyl (C=O) groups excluding carboxylic acids is 1. The van der Waals surface area contributed by atoms with E-state index in [-0.39, 0.29) is 22.7 Å². The molecule has 0 unspecified atom stereocenters. The van der Waals surface area contributed by atoms with Gasteiger partial charge in [-0.1, -0.05) is 6.07 Å². The minimum Gasteiger partial charge on any atom is -0.444 e. The molecule has 1 amide bonds. The Morgan fingerprint density at radius 1 is 1.23 bits per heavy atom. The smallest absolute Gasteiger partial charge is 0.410 e. The molecule has 9 nitrogen and oxygen atoms in total. The highest BCUT2D eigenvalue weighted by atomic mass is 16.6. The number of nitro benzene ring substituents is 1. The third kappa shape index (κ3) is 6.76. The Balaban J connectivity index is 2.06. The van der Waals surface area contributed by atoms with Crippen molar-refractivity contribution in [3.05, 3.63) is 28.3 Å². The van der Waals surface area contributed by atoms with Crippen LogP contribution in [-0.2, 0) is 4.74 Å². The molecule has 1 saturated heterocycles. The zero-order valence-electron chi connectivity index (χ0n) is 19.0. The van der Waals surface area contributed by atoms with Gasteiger partial charge < -0.3 is 24.8 Å². The van der Waals surface area contributed by atoms with E-state index in [1.807, 2.05) is 57.8 Å². The summed E-state index contributed by atoms with van der Waals surface area (Å²) in [6.45, 7) is 8.15. The number of carbonyl (C=O) groups is 1. The average Bonchev–Trinajstić information content (AvgIpc) is 2.64. The van der Waals surface area contributed by atoms with Gasteiger partial charge in [0.25, 0.3) is 0 Å². The molecule has 2 rings (SSSR count). The van der Waals surface area contributed by atoms with Crippen molar-refractivity contribution in [2.75, 3.05) is 57.5 Å². The van der Waals surface area contributed by atoms with Crippen LogP contribution >= 0.6 is 0 Å². The van der Waals surface area contributed by atoms with E-state index in [0.717, 1.165) is 6.54 Å². The molecule has 0 saturated carbocycles. The van der Waals surface area contributed by atoms with Gasteiger partial charge in [0.15, 0.2) is 0 Å². The van der Waals surface area contributed by atoms with Crippen molar-refractivity contribution in [1.82, 2.24) is 9.80 Å². The number of nitrogens with zero attached hydrogens (tertiary/aromatic N) is 4. The van der Waals surface area contributed by atoms with Crippen LogP contribution in [0.25, 0.3) is 0 Å². The molecule has 1 aliphatic heterocycles.